The Morgan fingerprint density at radius 3 is 2.89 bits per heavy atom. The Labute approximate surface area is 105 Å². The molecule has 0 bridgehead atoms. The van der Waals surface area contributed by atoms with Crippen LogP contribution in [0, 0.1) is 0 Å². The maximum atomic E-state index is 10.9. The van der Waals surface area contributed by atoms with E-state index in [1.54, 1.807) is 6.20 Å². The maximum Gasteiger partial charge on any atom is 0.306 e. The van der Waals surface area contributed by atoms with E-state index in [4.69, 9.17) is 0 Å². The molecule has 1 N–H and O–H groups in total. The highest BCUT2D eigenvalue weighted by atomic mass is 16.5. The number of ether oxygens (including phenoxy) is 1. The molecule has 0 radical (unpaired) electrons. The van der Waals surface area contributed by atoms with Gasteiger partial charge in [-0.2, -0.15) is 0 Å². The number of nitrogens with one attached hydrogen (secondary N) is 1. The number of rotatable bonds is 5. The largest absolute Gasteiger partial charge is 0.469 e. The quantitative estimate of drug-likeness (QED) is 0.635. The van der Waals surface area contributed by atoms with Crippen LogP contribution >= 0.6 is 0 Å². The summed E-state index contributed by atoms with van der Waals surface area (Å²) in [4.78, 5) is 19.7. The highest BCUT2D eigenvalue weighted by Gasteiger charge is 2.01. The Balaban J connectivity index is 1.90. The fourth-order valence-corrected chi connectivity index (χ4v) is 1.59. The van der Waals surface area contributed by atoms with Gasteiger partial charge in [-0.05, 0) is 12.1 Å². The molecule has 0 saturated carbocycles. The molecule has 0 saturated heterocycles. The highest BCUT2D eigenvalue weighted by molar-refractivity contribution is 5.73. The minimum absolute atomic E-state index is 0.216. The lowest BCUT2D eigenvalue weighted by atomic mass is 10.3. The van der Waals surface area contributed by atoms with Crippen molar-refractivity contribution >= 4 is 17.0 Å². The molecule has 94 valence electrons. The molecule has 18 heavy (non-hydrogen) atoms. The molecule has 1 aromatic heterocycles. The van der Waals surface area contributed by atoms with Gasteiger partial charge in [0.05, 0.1) is 36.5 Å². The van der Waals surface area contributed by atoms with Gasteiger partial charge in [0.15, 0.2) is 0 Å². The van der Waals surface area contributed by atoms with E-state index in [9.17, 15) is 4.79 Å². The molecule has 5 nitrogen and oxygen atoms in total. The number of hydrogen-bond acceptors (Lipinski definition) is 5. The smallest absolute Gasteiger partial charge is 0.306 e. The van der Waals surface area contributed by atoms with Gasteiger partial charge < -0.3 is 10.1 Å². The standard InChI is InChI=1S/C13H15N3O2/c1-18-13(17)6-7-14-8-10-9-15-11-4-2-3-5-12(11)16-10/h2-5,9,14H,6-8H2,1H3. The zero-order valence-electron chi connectivity index (χ0n) is 10.2. The van der Waals surface area contributed by atoms with Gasteiger partial charge in [-0.15, -0.1) is 0 Å². The van der Waals surface area contributed by atoms with Crippen molar-refractivity contribution in [1.82, 2.24) is 15.3 Å². The summed E-state index contributed by atoms with van der Waals surface area (Å²) < 4.78 is 4.55. The number of carbonyl (C=O) groups is 1. The average molecular weight is 245 g/mol. The Morgan fingerprint density at radius 1 is 1.33 bits per heavy atom. The molecule has 2 aromatic rings. The summed E-state index contributed by atoms with van der Waals surface area (Å²) in [5.41, 5.74) is 2.62. The van der Waals surface area contributed by atoms with Gasteiger partial charge in [-0.1, -0.05) is 12.1 Å². The third-order valence-corrected chi connectivity index (χ3v) is 2.54. The van der Waals surface area contributed by atoms with Crippen LogP contribution in [0.1, 0.15) is 12.1 Å². The number of nitrogens with zero attached hydrogens (tertiary/aromatic N) is 2. The molecule has 1 aromatic carbocycles. The Hall–Kier alpha value is -2.01. The predicted molar refractivity (Wildman–Crippen MR) is 67.9 cm³/mol. The van der Waals surface area contributed by atoms with E-state index in [0.29, 0.717) is 19.5 Å². The molecular weight excluding hydrogens is 230 g/mol. The molecule has 5 heteroatoms. The normalized spacial score (nSPS) is 10.5. The van der Waals surface area contributed by atoms with Gasteiger partial charge >= 0.3 is 5.97 Å². The third-order valence-electron chi connectivity index (χ3n) is 2.54. The van der Waals surface area contributed by atoms with Crippen LogP contribution in [0.15, 0.2) is 30.5 Å². The number of para-hydroxylation sites is 2. The van der Waals surface area contributed by atoms with Crippen molar-refractivity contribution in [3.63, 3.8) is 0 Å². The number of methoxy groups -OCH3 is 1. The number of benzene rings is 1. The van der Waals surface area contributed by atoms with E-state index in [-0.39, 0.29) is 5.97 Å². The molecular formula is C13H15N3O2. The van der Waals surface area contributed by atoms with Crippen LogP contribution < -0.4 is 5.32 Å². The number of aromatic nitrogens is 2. The van der Waals surface area contributed by atoms with Crippen LogP contribution in [0.2, 0.25) is 0 Å². The lowest BCUT2D eigenvalue weighted by Crippen LogP contribution is -2.19. The van der Waals surface area contributed by atoms with Crippen LogP contribution in [0.5, 0.6) is 0 Å². The lowest BCUT2D eigenvalue weighted by Gasteiger charge is -2.04. The molecule has 0 atom stereocenters. The lowest BCUT2D eigenvalue weighted by molar-refractivity contribution is -0.140. The average Bonchev–Trinajstić information content (AvgIpc) is 2.43. The van der Waals surface area contributed by atoms with E-state index in [0.717, 1.165) is 16.7 Å². The van der Waals surface area contributed by atoms with Crippen molar-refractivity contribution in [3.05, 3.63) is 36.2 Å². The molecule has 0 fully saturated rings. The Kier molecular flexibility index (Phi) is 4.20. The van der Waals surface area contributed by atoms with Gasteiger partial charge in [0.2, 0.25) is 0 Å². The van der Waals surface area contributed by atoms with Gasteiger partial charge in [0.25, 0.3) is 0 Å². The van der Waals surface area contributed by atoms with Gasteiger partial charge in [0, 0.05) is 13.1 Å². The summed E-state index contributed by atoms with van der Waals surface area (Å²) in [6.45, 7) is 1.16. The zero-order valence-corrected chi connectivity index (χ0v) is 10.2. The molecule has 0 spiro atoms. The van der Waals surface area contributed by atoms with Crippen molar-refractivity contribution < 1.29 is 9.53 Å². The van der Waals surface area contributed by atoms with Crippen molar-refractivity contribution in [1.29, 1.82) is 0 Å². The molecule has 0 amide bonds. The van der Waals surface area contributed by atoms with Gasteiger partial charge in [-0.25, -0.2) is 4.98 Å². The van der Waals surface area contributed by atoms with Crippen molar-refractivity contribution in [3.8, 4) is 0 Å². The van der Waals surface area contributed by atoms with Crippen LogP contribution in [0.3, 0.4) is 0 Å². The first-order chi connectivity index (χ1) is 8.79. The molecule has 0 aliphatic rings. The summed E-state index contributed by atoms with van der Waals surface area (Å²) in [7, 11) is 1.39. The fraction of sp³-hybridized carbons (Fsp3) is 0.308. The second kappa shape index (κ2) is 6.07. The van der Waals surface area contributed by atoms with Crippen LogP contribution in [0.25, 0.3) is 11.0 Å². The fourth-order valence-electron chi connectivity index (χ4n) is 1.59. The van der Waals surface area contributed by atoms with E-state index < -0.39 is 0 Å². The minimum atomic E-state index is -0.216. The first-order valence-electron chi connectivity index (χ1n) is 5.78. The summed E-state index contributed by atoms with van der Waals surface area (Å²) in [6, 6.07) is 7.73. The van der Waals surface area contributed by atoms with Gasteiger partial charge in [0.1, 0.15) is 0 Å². The van der Waals surface area contributed by atoms with E-state index >= 15 is 0 Å². The van der Waals surface area contributed by atoms with E-state index in [1.165, 1.54) is 7.11 Å². The van der Waals surface area contributed by atoms with Crippen LogP contribution in [-0.2, 0) is 16.1 Å². The summed E-state index contributed by atoms with van der Waals surface area (Å²) in [5.74, 6) is -0.216. The first kappa shape index (κ1) is 12.4. The number of fused-ring (bicyclic) bond motifs is 1. The molecule has 0 unspecified atom stereocenters. The topological polar surface area (TPSA) is 64.1 Å². The number of esters is 1. The monoisotopic (exact) mass is 245 g/mol. The van der Waals surface area contributed by atoms with Crippen molar-refractivity contribution in [2.24, 2.45) is 0 Å². The molecule has 0 aliphatic carbocycles. The second-order valence-corrected chi connectivity index (χ2v) is 3.85. The number of hydrogen-bond donors (Lipinski definition) is 1. The van der Waals surface area contributed by atoms with Crippen molar-refractivity contribution in [2.75, 3.05) is 13.7 Å². The van der Waals surface area contributed by atoms with Crippen molar-refractivity contribution in [2.45, 2.75) is 13.0 Å². The second-order valence-electron chi connectivity index (χ2n) is 3.85. The predicted octanol–water partition coefficient (Wildman–Crippen LogP) is 1.28. The Morgan fingerprint density at radius 2 is 2.11 bits per heavy atom. The first-order valence-corrected chi connectivity index (χ1v) is 5.78. The van der Waals surface area contributed by atoms with E-state index in [1.807, 2.05) is 24.3 Å². The zero-order chi connectivity index (χ0) is 12.8. The number of carbonyl (C=O) groups excluding carboxylic acids is 1. The van der Waals surface area contributed by atoms with Crippen LogP contribution in [0.4, 0.5) is 0 Å². The van der Waals surface area contributed by atoms with Gasteiger partial charge in [-0.3, -0.25) is 9.78 Å². The third kappa shape index (κ3) is 3.24. The SMILES string of the molecule is COC(=O)CCNCc1cnc2ccccc2n1. The van der Waals surface area contributed by atoms with Crippen LogP contribution in [-0.4, -0.2) is 29.6 Å². The molecule has 2 rings (SSSR count). The summed E-state index contributed by atoms with van der Waals surface area (Å²) >= 11 is 0. The maximum absolute atomic E-state index is 10.9. The Bertz CT molecular complexity index is 543. The highest BCUT2D eigenvalue weighted by Crippen LogP contribution is 2.08. The van der Waals surface area contributed by atoms with E-state index in [2.05, 4.69) is 20.0 Å². The molecule has 1 heterocycles. The molecule has 0 aliphatic heterocycles. The summed E-state index contributed by atoms with van der Waals surface area (Å²) in [5, 5.41) is 3.13. The minimum Gasteiger partial charge on any atom is -0.469 e. The summed E-state index contributed by atoms with van der Waals surface area (Å²) in [6.07, 6.45) is 2.10.